The third-order valence-electron chi connectivity index (χ3n) is 4.74. The lowest BCUT2D eigenvalue weighted by atomic mass is 10.0. The van der Waals surface area contributed by atoms with Crippen molar-refractivity contribution in [2.24, 2.45) is 10.3 Å². The van der Waals surface area contributed by atoms with Crippen LogP contribution in [-0.2, 0) is 20.8 Å². The minimum absolute atomic E-state index is 0.107. The van der Waals surface area contributed by atoms with Crippen LogP contribution in [0.2, 0.25) is 0 Å². The molecule has 0 radical (unpaired) electrons. The Bertz CT molecular complexity index is 969. The first-order valence-electron chi connectivity index (χ1n) is 9.18. The zero-order chi connectivity index (χ0) is 19.5. The van der Waals surface area contributed by atoms with Crippen LogP contribution in [0.4, 0.5) is 11.4 Å². The van der Waals surface area contributed by atoms with E-state index in [2.05, 4.69) is 10.3 Å². The van der Waals surface area contributed by atoms with E-state index in [9.17, 15) is 9.59 Å². The summed E-state index contributed by atoms with van der Waals surface area (Å²) in [4.78, 5) is 32.1. The lowest BCUT2D eigenvalue weighted by Gasteiger charge is -2.28. The number of benzene rings is 2. The number of carbonyl (C=O) groups is 2. The molecule has 2 aromatic rings. The van der Waals surface area contributed by atoms with E-state index >= 15 is 0 Å². The van der Waals surface area contributed by atoms with Gasteiger partial charge in [-0.05, 0) is 43.5 Å². The Morgan fingerprint density at radius 1 is 1.14 bits per heavy atom. The van der Waals surface area contributed by atoms with Gasteiger partial charge in [-0.15, -0.1) is 0 Å². The molecule has 2 amide bonds. The Balaban J connectivity index is 1.42. The zero-order valence-corrected chi connectivity index (χ0v) is 15.5. The van der Waals surface area contributed by atoms with Gasteiger partial charge in [0, 0.05) is 12.2 Å². The Labute approximate surface area is 162 Å². The molecule has 0 bridgehead atoms. The molecule has 0 N–H and O–H groups in total. The lowest BCUT2D eigenvalue weighted by Crippen LogP contribution is -2.37. The summed E-state index contributed by atoms with van der Waals surface area (Å²) in [6.45, 7) is 2.10. The first-order valence-corrected chi connectivity index (χ1v) is 9.18. The monoisotopic (exact) mass is 376 g/mol. The van der Waals surface area contributed by atoms with Gasteiger partial charge in [0.25, 0.3) is 5.91 Å². The molecule has 2 aromatic carbocycles. The fourth-order valence-corrected chi connectivity index (χ4v) is 3.37. The minimum atomic E-state index is -0.375. The normalized spacial score (nSPS) is 17.5. The van der Waals surface area contributed by atoms with Gasteiger partial charge >= 0.3 is 5.91 Å². The number of carbonyl (C=O) groups excluding carboxylic acids is 2. The third-order valence-corrected chi connectivity index (χ3v) is 4.74. The van der Waals surface area contributed by atoms with Crippen LogP contribution in [0.25, 0.3) is 0 Å². The van der Waals surface area contributed by atoms with Crippen LogP contribution in [0.5, 0.6) is 0 Å². The summed E-state index contributed by atoms with van der Waals surface area (Å²) in [5.74, 6) is -0.559. The average Bonchev–Trinajstić information content (AvgIpc) is 3.02. The maximum absolute atomic E-state index is 12.6. The van der Waals surface area contributed by atoms with Gasteiger partial charge in [0.15, 0.2) is 12.3 Å². The van der Waals surface area contributed by atoms with Crippen LogP contribution >= 0.6 is 0 Å². The van der Waals surface area contributed by atoms with Crippen molar-refractivity contribution in [3.63, 3.8) is 0 Å². The third kappa shape index (κ3) is 3.38. The minimum Gasteiger partial charge on any atom is -0.385 e. The zero-order valence-electron chi connectivity index (χ0n) is 15.5. The van der Waals surface area contributed by atoms with Gasteiger partial charge in [-0.1, -0.05) is 41.6 Å². The second-order valence-corrected chi connectivity index (χ2v) is 6.63. The van der Waals surface area contributed by atoms with Crippen molar-refractivity contribution < 1.29 is 14.4 Å². The van der Waals surface area contributed by atoms with E-state index in [-0.39, 0.29) is 24.1 Å². The van der Waals surface area contributed by atoms with Crippen LogP contribution in [0.3, 0.4) is 0 Å². The topological polar surface area (TPSA) is 74.6 Å². The second-order valence-electron chi connectivity index (χ2n) is 6.63. The van der Waals surface area contributed by atoms with Crippen molar-refractivity contribution in [1.82, 2.24) is 0 Å². The highest BCUT2D eigenvalue weighted by Crippen LogP contribution is 2.26. The molecule has 7 heteroatoms. The molecule has 0 saturated heterocycles. The standard InChI is InChI=1S/C21H20N4O3/c1-15-20(21(27)25(22-15)17-10-3-2-4-11-17)23-28-14-19(26)24-13-7-9-16-8-5-6-12-18(16)24/h2-6,8,10-12H,7,9,13-14H2,1H3/b23-20+. The Kier molecular flexibility index (Phi) is 4.89. The lowest BCUT2D eigenvalue weighted by molar-refractivity contribution is -0.123. The molecule has 2 aliphatic rings. The Hall–Kier alpha value is -3.48. The van der Waals surface area contributed by atoms with Gasteiger partial charge in [-0.2, -0.15) is 10.1 Å². The van der Waals surface area contributed by atoms with Crippen molar-refractivity contribution >= 4 is 34.6 Å². The largest absolute Gasteiger partial charge is 0.385 e. The van der Waals surface area contributed by atoms with Gasteiger partial charge in [-0.3, -0.25) is 9.59 Å². The fourth-order valence-electron chi connectivity index (χ4n) is 3.37. The average molecular weight is 376 g/mol. The maximum Gasteiger partial charge on any atom is 0.302 e. The number of hydrogen-bond donors (Lipinski definition) is 0. The van der Waals surface area contributed by atoms with E-state index in [0.717, 1.165) is 24.1 Å². The van der Waals surface area contributed by atoms with Gasteiger partial charge in [-0.25, -0.2) is 0 Å². The van der Waals surface area contributed by atoms with E-state index < -0.39 is 0 Å². The van der Waals surface area contributed by atoms with Crippen LogP contribution in [0, 0.1) is 0 Å². The second kappa shape index (κ2) is 7.64. The molecule has 7 nitrogen and oxygen atoms in total. The predicted octanol–water partition coefficient (Wildman–Crippen LogP) is 2.76. The highest BCUT2D eigenvalue weighted by atomic mass is 16.6. The van der Waals surface area contributed by atoms with Crippen molar-refractivity contribution in [1.29, 1.82) is 0 Å². The van der Waals surface area contributed by atoms with Crippen molar-refractivity contribution in [3.05, 3.63) is 60.2 Å². The first kappa shape index (κ1) is 17.9. The molecule has 142 valence electrons. The Morgan fingerprint density at radius 3 is 2.71 bits per heavy atom. The molecule has 28 heavy (non-hydrogen) atoms. The first-order chi connectivity index (χ1) is 13.6. The van der Waals surface area contributed by atoms with Gasteiger partial charge in [0.05, 0.1) is 11.4 Å². The molecular formula is C21H20N4O3. The van der Waals surface area contributed by atoms with Crippen molar-refractivity contribution in [2.45, 2.75) is 19.8 Å². The summed E-state index contributed by atoms with van der Waals surface area (Å²) in [5.41, 5.74) is 3.28. The number of anilines is 2. The summed E-state index contributed by atoms with van der Waals surface area (Å²) >= 11 is 0. The summed E-state index contributed by atoms with van der Waals surface area (Å²) in [5, 5.41) is 9.41. The number of oxime groups is 1. The number of rotatable bonds is 4. The molecule has 0 aliphatic carbocycles. The number of nitrogens with zero attached hydrogens (tertiary/aromatic N) is 4. The summed E-state index contributed by atoms with van der Waals surface area (Å²) in [6.07, 6.45) is 1.87. The molecular weight excluding hydrogens is 356 g/mol. The number of hydrogen-bond acceptors (Lipinski definition) is 5. The summed E-state index contributed by atoms with van der Waals surface area (Å²) in [6, 6.07) is 17.0. The van der Waals surface area contributed by atoms with E-state index in [1.807, 2.05) is 42.5 Å². The summed E-state index contributed by atoms with van der Waals surface area (Å²) < 4.78 is 0. The van der Waals surface area contributed by atoms with Crippen molar-refractivity contribution in [2.75, 3.05) is 23.1 Å². The number of para-hydroxylation sites is 2. The van der Waals surface area contributed by atoms with Crippen LogP contribution in [0.15, 0.2) is 64.9 Å². The Morgan fingerprint density at radius 2 is 1.89 bits per heavy atom. The van der Waals surface area contributed by atoms with Crippen LogP contribution in [-0.4, -0.2) is 36.4 Å². The highest BCUT2D eigenvalue weighted by molar-refractivity contribution is 6.71. The van der Waals surface area contributed by atoms with Gasteiger partial charge in [0.2, 0.25) is 0 Å². The van der Waals surface area contributed by atoms with Gasteiger partial charge in [0.1, 0.15) is 0 Å². The SMILES string of the molecule is CC1=NN(c2ccccc2)C(=O)/C1=N/OCC(=O)N1CCCc2ccccc21. The van der Waals surface area contributed by atoms with E-state index in [4.69, 9.17) is 4.84 Å². The van der Waals surface area contributed by atoms with E-state index in [0.29, 0.717) is 17.9 Å². The summed E-state index contributed by atoms with van der Waals surface area (Å²) in [7, 11) is 0. The van der Waals surface area contributed by atoms with E-state index in [1.165, 1.54) is 5.01 Å². The molecule has 4 rings (SSSR count). The number of amides is 2. The van der Waals surface area contributed by atoms with Crippen LogP contribution < -0.4 is 9.91 Å². The van der Waals surface area contributed by atoms with Gasteiger partial charge < -0.3 is 9.74 Å². The molecule has 0 spiro atoms. The molecule has 0 saturated carbocycles. The fraction of sp³-hybridized carbons (Fsp3) is 0.238. The molecule has 2 heterocycles. The molecule has 0 aromatic heterocycles. The number of aryl methyl sites for hydroxylation is 1. The van der Waals surface area contributed by atoms with Crippen molar-refractivity contribution in [3.8, 4) is 0 Å². The number of fused-ring (bicyclic) bond motifs is 1. The molecule has 0 fully saturated rings. The van der Waals surface area contributed by atoms with E-state index in [1.54, 1.807) is 24.0 Å². The quantitative estimate of drug-likeness (QED) is 0.770. The predicted molar refractivity (Wildman–Crippen MR) is 108 cm³/mol. The molecule has 2 aliphatic heterocycles. The smallest absolute Gasteiger partial charge is 0.302 e. The molecule has 0 unspecified atom stereocenters. The highest BCUT2D eigenvalue weighted by Gasteiger charge is 2.31. The number of hydrazone groups is 1. The maximum atomic E-state index is 12.6. The molecule has 0 atom stereocenters. The van der Waals surface area contributed by atoms with Crippen LogP contribution in [0.1, 0.15) is 18.9 Å².